The van der Waals surface area contributed by atoms with E-state index in [1.165, 1.54) is 0 Å². The van der Waals surface area contributed by atoms with E-state index >= 15 is 0 Å². The van der Waals surface area contributed by atoms with Crippen LogP contribution in [0.15, 0.2) is 60.7 Å². The average Bonchev–Trinajstić information content (AvgIpc) is 2.89. The summed E-state index contributed by atoms with van der Waals surface area (Å²) < 4.78 is 2.22. The first-order chi connectivity index (χ1) is 12.8. The number of aromatic nitrogens is 2. The van der Waals surface area contributed by atoms with Crippen molar-refractivity contribution in [3.8, 4) is 11.3 Å². The van der Waals surface area contributed by atoms with Crippen LogP contribution in [-0.2, 0) is 0 Å². The second kappa shape index (κ2) is 7.40. The zero-order valence-corrected chi connectivity index (χ0v) is 16.8. The standard InChI is InChI=1S/C21H24N4OS/c1-15-18(16-11-7-5-8-12-16)25(20(27)22-15)24(17-13-9-6-10-14-17)19(26)23-21(2,3)4/h5-14H,1-4H3,(H,22,27)(H,23,26). The summed E-state index contributed by atoms with van der Waals surface area (Å²) in [5, 5.41) is 4.62. The highest BCUT2D eigenvalue weighted by molar-refractivity contribution is 7.71. The number of carbonyl (C=O) groups is 1. The molecule has 2 N–H and O–H groups in total. The minimum atomic E-state index is -0.384. The van der Waals surface area contributed by atoms with Crippen LogP contribution in [0.25, 0.3) is 11.3 Å². The van der Waals surface area contributed by atoms with E-state index in [9.17, 15) is 4.79 Å². The van der Waals surface area contributed by atoms with E-state index in [1.807, 2.05) is 88.4 Å². The van der Waals surface area contributed by atoms with Crippen LogP contribution in [0.2, 0.25) is 0 Å². The second-order valence-corrected chi connectivity index (χ2v) is 7.80. The highest BCUT2D eigenvalue weighted by Gasteiger charge is 2.26. The third-order valence-electron chi connectivity index (χ3n) is 3.98. The molecule has 1 heterocycles. The van der Waals surface area contributed by atoms with Gasteiger partial charge in [0.05, 0.1) is 11.4 Å². The number of para-hydroxylation sites is 1. The lowest BCUT2D eigenvalue weighted by atomic mass is 10.1. The molecule has 0 saturated carbocycles. The maximum absolute atomic E-state index is 13.2. The molecule has 3 rings (SSSR count). The molecule has 1 aromatic heterocycles. The number of H-pyrrole nitrogens is 1. The third kappa shape index (κ3) is 4.11. The van der Waals surface area contributed by atoms with E-state index in [0.29, 0.717) is 4.77 Å². The molecular formula is C21H24N4OS. The average molecular weight is 381 g/mol. The van der Waals surface area contributed by atoms with Crippen molar-refractivity contribution in [3.63, 3.8) is 0 Å². The maximum Gasteiger partial charge on any atom is 0.341 e. The Balaban J connectivity index is 2.22. The first kappa shape index (κ1) is 18.9. The number of aromatic amines is 1. The zero-order valence-electron chi connectivity index (χ0n) is 16.0. The predicted octanol–water partition coefficient (Wildman–Crippen LogP) is 5.30. The number of imidazole rings is 1. The number of anilines is 1. The molecule has 0 saturated heterocycles. The number of nitrogens with one attached hydrogen (secondary N) is 2. The Bertz CT molecular complexity index is 985. The summed E-state index contributed by atoms with van der Waals surface area (Å²) in [6.45, 7) is 7.81. The lowest BCUT2D eigenvalue weighted by Gasteiger charge is -2.30. The number of hydrogen-bond donors (Lipinski definition) is 2. The molecule has 6 heteroatoms. The predicted molar refractivity (Wildman–Crippen MR) is 112 cm³/mol. The van der Waals surface area contributed by atoms with Crippen LogP contribution in [0.3, 0.4) is 0 Å². The maximum atomic E-state index is 13.2. The van der Waals surface area contributed by atoms with Gasteiger partial charge in [-0.15, -0.1) is 0 Å². The number of rotatable bonds is 3. The molecular weight excluding hydrogens is 356 g/mol. The van der Waals surface area contributed by atoms with Crippen molar-refractivity contribution >= 4 is 23.9 Å². The van der Waals surface area contributed by atoms with Crippen LogP contribution < -0.4 is 10.3 Å². The van der Waals surface area contributed by atoms with Crippen molar-refractivity contribution in [1.82, 2.24) is 15.0 Å². The molecule has 0 aliphatic rings. The Kier molecular flexibility index (Phi) is 5.19. The molecule has 27 heavy (non-hydrogen) atoms. The van der Waals surface area contributed by atoms with Gasteiger partial charge in [-0.2, -0.15) is 5.01 Å². The van der Waals surface area contributed by atoms with Crippen LogP contribution in [-0.4, -0.2) is 21.2 Å². The Morgan fingerprint density at radius 2 is 1.59 bits per heavy atom. The monoisotopic (exact) mass is 380 g/mol. The van der Waals surface area contributed by atoms with E-state index in [0.717, 1.165) is 22.6 Å². The molecule has 0 spiro atoms. The fraction of sp³-hybridized carbons (Fsp3) is 0.238. The van der Waals surface area contributed by atoms with Crippen molar-refractivity contribution in [2.45, 2.75) is 33.2 Å². The molecule has 0 atom stereocenters. The summed E-state index contributed by atoms with van der Waals surface area (Å²) in [5.74, 6) is 0. The summed E-state index contributed by atoms with van der Waals surface area (Å²) >= 11 is 5.58. The van der Waals surface area contributed by atoms with Gasteiger partial charge >= 0.3 is 6.03 Å². The molecule has 140 valence electrons. The molecule has 3 aromatic rings. The number of amides is 2. The van der Waals surface area contributed by atoms with Crippen molar-refractivity contribution in [3.05, 3.63) is 71.1 Å². The van der Waals surface area contributed by atoms with Crippen molar-refractivity contribution in [1.29, 1.82) is 0 Å². The van der Waals surface area contributed by atoms with Gasteiger partial charge < -0.3 is 10.3 Å². The largest absolute Gasteiger partial charge is 0.341 e. The quantitative estimate of drug-likeness (QED) is 0.606. The molecule has 0 unspecified atom stereocenters. The van der Waals surface area contributed by atoms with Crippen LogP contribution >= 0.6 is 12.2 Å². The van der Waals surface area contributed by atoms with E-state index in [2.05, 4.69) is 10.3 Å². The Morgan fingerprint density at radius 1 is 1.04 bits per heavy atom. The molecule has 2 amide bonds. The third-order valence-corrected chi connectivity index (χ3v) is 4.25. The van der Waals surface area contributed by atoms with Crippen molar-refractivity contribution in [2.75, 3.05) is 5.01 Å². The molecule has 2 aromatic carbocycles. The highest BCUT2D eigenvalue weighted by Crippen LogP contribution is 2.27. The number of aryl methyl sites for hydroxylation is 1. The van der Waals surface area contributed by atoms with Gasteiger partial charge in [-0.25, -0.2) is 9.47 Å². The number of hydrogen-bond acceptors (Lipinski definition) is 2. The van der Waals surface area contributed by atoms with Gasteiger partial charge in [-0.1, -0.05) is 48.5 Å². The zero-order chi connectivity index (χ0) is 19.6. The fourth-order valence-electron chi connectivity index (χ4n) is 2.93. The Morgan fingerprint density at radius 3 is 2.15 bits per heavy atom. The Labute approximate surface area is 164 Å². The molecule has 0 bridgehead atoms. The number of nitrogens with zero attached hydrogens (tertiary/aromatic N) is 2. The van der Waals surface area contributed by atoms with Crippen LogP contribution in [0.5, 0.6) is 0 Å². The van der Waals surface area contributed by atoms with E-state index in [4.69, 9.17) is 12.2 Å². The summed E-state index contributed by atoms with van der Waals surface area (Å²) in [4.78, 5) is 16.4. The summed E-state index contributed by atoms with van der Waals surface area (Å²) in [5.41, 5.74) is 3.08. The SMILES string of the molecule is Cc1[nH]c(=S)n(N(C(=O)NC(C)(C)C)c2ccccc2)c1-c1ccccc1. The molecule has 0 aliphatic heterocycles. The van der Waals surface area contributed by atoms with E-state index < -0.39 is 0 Å². The molecule has 0 radical (unpaired) electrons. The number of carbonyl (C=O) groups excluding carboxylic acids is 1. The Hall–Kier alpha value is -2.86. The lowest BCUT2D eigenvalue weighted by Crippen LogP contribution is -2.50. The van der Waals surface area contributed by atoms with Crippen LogP contribution in [0, 0.1) is 11.7 Å². The van der Waals surface area contributed by atoms with Crippen LogP contribution in [0.1, 0.15) is 26.5 Å². The smallest absolute Gasteiger partial charge is 0.333 e. The van der Waals surface area contributed by atoms with Gasteiger partial charge in [0.2, 0.25) is 0 Å². The van der Waals surface area contributed by atoms with Crippen molar-refractivity contribution < 1.29 is 4.79 Å². The fourth-order valence-corrected chi connectivity index (χ4v) is 3.25. The second-order valence-electron chi connectivity index (χ2n) is 7.41. The number of benzene rings is 2. The lowest BCUT2D eigenvalue weighted by molar-refractivity contribution is 0.235. The molecule has 5 nitrogen and oxygen atoms in total. The number of urea groups is 1. The summed E-state index contributed by atoms with van der Waals surface area (Å²) in [6.07, 6.45) is 0. The minimum absolute atomic E-state index is 0.249. The van der Waals surface area contributed by atoms with Gasteiger partial charge in [0.25, 0.3) is 0 Å². The topological polar surface area (TPSA) is 53.1 Å². The summed E-state index contributed by atoms with van der Waals surface area (Å²) in [6, 6.07) is 19.2. The minimum Gasteiger partial charge on any atom is -0.333 e. The van der Waals surface area contributed by atoms with Gasteiger partial charge in [-0.3, -0.25) is 0 Å². The van der Waals surface area contributed by atoms with Crippen LogP contribution in [0.4, 0.5) is 10.5 Å². The van der Waals surface area contributed by atoms with Gasteiger partial charge in [-0.05, 0) is 52.0 Å². The summed E-state index contributed by atoms with van der Waals surface area (Å²) in [7, 11) is 0. The van der Waals surface area contributed by atoms with Gasteiger partial charge in [0.15, 0.2) is 4.77 Å². The first-order valence-corrected chi connectivity index (χ1v) is 9.23. The van der Waals surface area contributed by atoms with Gasteiger partial charge in [0, 0.05) is 16.8 Å². The van der Waals surface area contributed by atoms with E-state index in [1.54, 1.807) is 9.69 Å². The van der Waals surface area contributed by atoms with Crippen molar-refractivity contribution in [2.24, 2.45) is 0 Å². The molecule has 0 aliphatic carbocycles. The highest BCUT2D eigenvalue weighted by atomic mass is 32.1. The van der Waals surface area contributed by atoms with Gasteiger partial charge in [0.1, 0.15) is 0 Å². The molecule has 0 fully saturated rings. The first-order valence-electron chi connectivity index (χ1n) is 8.82. The van der Waals surface area contributed by atoms with E-state index in [-0.39, 0.29) is 11.6 Å². The normalized spacial score (nSPS) is 11.3.